The van der Waals surface area contributed by atoms with E-state index in [9.17, 15) is 9.90 Å². The molecule has 72 valence electrons. The number of aromatic hydroxyl groups is 1. The summed E-state index contributed by atoms with van der Waals surface area (Å²) in [4.78, 5) is 10.8. The van der Waals surface area contributed by atoms with E-state index < -0.39 is 11.9 Å². The zero-order valence-electron chi connectivity index (χ0n) is 7.36. The molecule has 0 aliphatic carbocycles. The Bertz CT molecular complexity index is 293. The molecule has 0 saturated carbocycles. The molecule has 0 aliphatic heterocycles. The van der Waals surface area contributed by atoms with Gasteiger partial charge in [-0.1, -0.05) is 13.3 Å². The molecule has 0 radical (unpaired) electrons. The third-order valence-electron chi connectivity index (χ3n) is 1.93. The van der Waals surface area contributed by atoms with Crippen LogP contribution in [0, 0.1) is 0 Å². The summed E-state index contributed by atoms with van der Waals surface area (Å²) in [6, 6.07) is 1.68. The van der Waals surface area contributed by atoms with Crippen molar-refractivity contribution in [3.63, 3.8) is 0 Å². The highest BCUT2D eigenvalue weighted by Gasteiger charge is 2.22. The number of carboxylic acid groups (broad SMARTS) is 1. The second-order valence-electron chi connectivity index (χ2n) is 2.86. The van der Waals surface area contributed by atoms with Gasteiger partial charge in [0.2, 0.25) is 0 Å². The van der Waals surface area contributed by atoms with E-state index in [1.807, 2.05) is 6.92 Å². The largest absolute Gasteiger partial charge is 0.499 e. The number of hydrogen-bond acceptors (Lipinski definition) is 3. The highest BCUT2D eigenvalue weighted by Crippen LogP contribution is 2.33. The van der Waals surface area contributed by atoms with E-state index in [0.29, 0.717) is 12.0 Å². The summed E-state index contributed by atoms with van der Waals surface area (Å²) in [5.74, 6) is -1.42. The Morgan fingerprint density at radius 3 is 2.77 bits per heavy atom. The van der Waals surface area contributed by atoms with Gasteiger partial charge in [0, 0.05) is 5.56 Å². The van der Waals surface area contributed by atoms with E-state index in [1.165, 1.54) is 11.3 Å². The van der Waals surface area contributed by atoms with Crippen LogP contribution in [0.3, 0.4) is 0 Å². The van der Waals surface area contributed by atoms with Crippen molar-refractivity contribution in [3.8, 4) is 5.06 Å². The molecule has 4 heteroatoms. The summed E-state index contributed by atoms with van der Waals surface area (Å²) >= 11 is 1.17. The molecular weight excluding hydrogens is 188 g/mol. The lowest BCUT2D eigenvalue weighted by molar-refractivity contribution is -0.139. The van der Waals surface area contributed by atoms with Crippen LogP contribution in [0.1, 0.15) is 31.2 Å². The molecule has 13 heavy (non-hydrogen) atoms. The van der Waals surface area contributed by atoms with Crippen LogP contribution in [0.4, 0.5) is 0 Å². The van der Waals surface area contributed by atoms with E-state index in [2.05, 4.69) is 0 Å². The van der Waals surface area contributed by atoms with Gasteiger partial charge < -0.3 is 10.2 Å². The predicted octanol–water partition coefficient (Wildman–Crippen LogP) is 2.42. The molecule has 1 heterocycles. The molecular formula is C9H12O3S. The zero-order chi connectivity index (χ0) is 9.84. The molecule has 1 unspecified atom stereocenters. The van der Waals surface area contributed by atoms with Crippen LogP contribution >= 0.6 is 11.3 Å². The molecule has 0 amide bonds. The van der Waals surface area contributed by atoms with E-state index in [1.54, 1.807) is 11.4 Å². The minimum absolute atomic E-state index is 0.126. The summed E-state index contributed by atoms with van der Waals surface area (Å²) in [5, 5.41) is 20.1. The Hall–Kier alpha value is -1.03. The van der Waals surface area contributed by atoms with Gasteiger partial charge in [0.05, 0.1) is 5.92 Å². The first-order valence-electron chi connectivity index (χ1n) is 4.16. The maximum atomic E-state index is 10.8. The normalized spacial score (nSPS) is 12.7. The second-order valence-corrected chi connectivity index (χ2v) is 3.76. The van der Waals surface area contributed by atoms with Crippen LogP contribution in [0.5, 0.6) is 5.06 Å². The van der Waals surface area contributed by atoms with Crippen molar-refractivity contribution in [1.29, 1.82) is 0 Å². The van der Waals surface area contributed by atoms with Crippen LogP contribution in [0.25, 0.3) is 0 Å². The highest BCUT2D eigenvalue weighted by atomic mass is 32.1. The average Bonchev–Trinajstić information content (AvgIpc) is 2.47. The van der Waals surface area contributed by atoms with Gasteiger partial charge in [-0.15, -0.1) is 11.3 Å². The van der Waals surface area contributed by atoms with E-state index in [-0.39, 0.29) is 5.06 Å². The van der Waals surface area contributed by atoms with Crippen LogP contribution in [-0.4, -0.2) is 16.2 Å². The minimum Gasteiger partial charge on any atom is -0.499 e. The number of hydrogen-bond donors (Lipinski definition) is 2. The van der Waals surface area contributed by atoms with Crippen molar-refractivity contribution < 1.29 is 15.0 Å². The van der Waals surface area contributed by atoms with Gasteiger partial charge >= 0.3 is 5.97 Å². The standard InChI is InChI=1S/C9H12O3S/c1-2-3-6(8(10)11)7-4-5-13-9(7)12/h4-6,12H,2-3H2,1H3,(H,10,11). The van der Waals surface area contributed by atoms with Gasteiger partial charge in [0.25, 0.3) is 0 Å². The van der Waals surface area contributed by atoms with E-state index in [4.69, 9.17) is 5.11 Å². The molecule has 2 N–H and O–H groups in total. The van der Waals surface area contributed by atoms with Crippen LogP contribution < -0.4 is 0 Å². The maximum absolute atomic E-state index is 10.8. The molecule has 0 aromatic carbocycles. The third-order valence-corrected chi connectivity index (χ3v) is 2.66. The first kappa shape index (κ1) is 10.1. The molecule has 1 aromatic heterocycles. The molecule has 3 nitrogen and oxygen atoms in total. The Balaban J connectivity index is 2.88. The Morgan fingerprint density at radius 2 is 2.38 bits per heavy atom. The average molecular weight is 200 g/mol. The van der Waals surface area contributed by atoms with Gasteiger partial charge in [-0.2, -0.15) is 0 Å². The lowest BCUT2D eigenvalue weighted by atomic mass is 9.97. The number of rotatable bonds is 4. The minimum atomic E-state index is -0.865. The second kappa shape index (κ2) is 4.28. The summed E-state index contributed by atoms with van der Waals surface area (Å²) in [5.41, 5.74) is 0.541. The fourth-order valence-electron chi connectivity index (χ4n) is 1.28. The molecule has 1 rings (SSSR count). The van der Waals surface area contributed by atoms with Crippen LogP contribution in [0.2, 0.25) is 0 Å². The smallest absolute Gasteiger partial charge is 0.311 e. The third kappa shape index (κ3) is 2.21. The molecule has 1 aromatic rings. The van der Waals surface area contributed by atoms with Gasteiger partial charge in [-0.25, -0.2) is 0 Å². The van der Waals surface area contributed by atoms with Crippen molar-refractivity contribution in [2.24, 2.45) is 0 Å². The quantitative estimate of drug-likeness (QED) is 0.784. The Kier molecular flexibility index (Phi) is 3.31. The summed E-state index contributed by atoms with van der Waals surface area (Å²) in [7, 11) is 0. The zero-order valence-corrected chi connectivity index (χ0v) is 8.17. The molecule has 0 spiro atoms. The summed E-state index contributed by atoms with van der Waals surface area (Å²) < 4.78 is 0. The van der Waals surface area contributed by atoms with Crippen LogP contribution in [-0.2, 0) is 4.79 Å². The molecule has 0 aliphatic rings. The number of aliphatic carboxylic acids is 1. The van der Waals surface area contributed by atoms with Crippen LogP contribution in [0.15, 0.2) is 11.4 Å². The fraction of sp³-hybridized carbons (Fsp3) is 0.444. The monoisotopic (exact) mass is 200 g/mol. The first-order valence-corrected chi connectivity index (χ1v) is 5.04. The van der Waals surface area contributed by atoms with Crippen molar-refractivity contribution in [1.82, 2.24) is 0 Å². The van der Waals surface area contributed by atoms with E-state index >= 15 is 0 Å². The maximum Gasteiger partial charge on any atom is 0.311 e. The number of thiophene rings is 1. The topological polar surface area (TPSA) is 57.5 Å². The summed E-state index contributed by atoms with van der Waals surface area (Å²) in [6.45, 7) is 1.93. The van der Waals surface area contributed by atoms with Gasteiger partial charge in [-0.3, -0.25) is 4.79 Å². The van der Waals surface area contributed by atoms with E-state index in [0.717, 1.165) is 6.42 Å². The lowest BCUT2D eigenvalue weighted by Crippen LogP contribution is -2.10. The Morgan fingerprint density at radius 1 is 1.69 bits per heavy atom. The Labute approximate surface area is 80.6 Å². The highest BCUT2D eigenvalue weighted by molar-refractivity contribution is 7.11. The molecule has 1 atom stereocenters. The van der Waals surface area contributed by atoms with Crippen molar-refractivity contribution in [2.75, 3.05) is 0 Å². The molecule has 0 saturated heterocycles. The van der Waals surface area contributed by atoms with Gasteiger partial charge in [-0.05, 0) is 17.9 Å². The lowest BCUT2D eigenvalue weighted by Gasteiger charge is -2.09. The van der Waals surface area contributed by atoms with Crippen molar-refractivity contribution in [3.05, 3.63) is 17.0 Å². The van der Waals surface area contributed by atoms with Crippen molar-refractivity contribution in [2.45, 2.75) is 25.7 Å². The number of carboxylic acids is 1. The van der Waals surface area contributed by atoms with Crippen molar-refractivity contribution >= 4 is 17.3 Å². The van der Waals surface area contributed by atoms with Gasteiger partial charge in [0.15, 0.2) is 5.06 Å². The fourth-order valence-corrected chi connectivity index (χ4v) is 1.97. The molecule has 0 bridgehead atoms. The summed E-state index contributed by atoms with van der Waals surface area (Å²) in [6.07, 6.45) is 1.37. The van der Waals surface area contributed by atoms with Gasteiger partial charge in [0.1, 0.15) is 0 Å². The SMILES string of the molecule is CCCC(C(=O)O)c1ccsc1O. The predicted molar refractivity (Wildman–Crippen MR) is 51.3 cm³/mol. The first-order chi connectivity index (χ1) is 6.16. The molecule has 0 fully saturated rings. The number of carbonyl (C=O) groups is 1.